The van der Waals surface area contributed by atoms with Gasteiger partial charge in [-0.2, -0.15) is 10.2 Å². The van der Waals surface area contributed by atoms with Crippen molar-refractivity contribution in [1.29, 1.82) is 0 Å². The largest absolute Gasteiger partial charge is 0.334 e. The van der Waals surface area contributed by atoms with E-state index in [1.165, 1.54) is 25.0 Å². The number of benzene rings is 1. The average molecular weight is 462 g/mol. The Balaban J connectivity index is 0.000000945. The van der Waals surface area contributed by atoms with Gasteiger partial charge in [0.2, 0.25) is 5.91 Å². The van der Waals surface area contributed by atoms with Gasteiger partial charge in [0.15, 0.2) is 0 Å². The minimum atomic E-state index is -0.420. The summed E-state index contributed by atoms with van der Waals surface area (Å²) in [6, 6.07) is 11.8. The summed E-state index contributed by atoms with van der Waals surface area (Å²) in [6.45, 7) is 8.00. The number of carbonyl (C=O) groups excluding carboxylic acids is 1. The van der Waals surface area contributed by atoms with Crippen molar-refractivity contribution in [3.8, 4) is 11.3 Å². The van der Waals surface area contributed by atoms with E-state index in [0.29, 0.717) is 0 Å². The van der Waals surface area contributed by atoms with Gasteiger partial charge in [0, 0.05) is 18.0 Å². The number of halogens is 1. The molecule has 0 aliphatic carbocycles. The fourth-order valence-corrected chi connectivity index (χ4v) is 2.82. The lowest BCUT2D eigenvalue weighted by atomic mass is 10.1. The molecule has 0 saturated heterocycles. The summed E-state index contributed by atoms with van der Waals surface area (Å²) in [5.74, 6) is -0.464. The Labute approximate surface area is 201 Å². The number of carbonyl (C=O) groups is 1. The predicted octanol–water partition coefficient (Wildman–Crippen LogP) is 5.66. The number of aromatic nitrogens is 3. The van der Waals surface area contributed by atoms with Crippen LogP contribution in [0.1, 0.15) is 51.7 Å². The molecule has 0 radical (unpaired) electrons. The minimum Gasteiger partial charge on any atom is -0.334 e. The molecular formula is C27H32FN5O. The van der Waals surface area contributed by atoms with Crippen molar-refractivity contribution in [2.45, 2.75) is 53.1 Å². The van der Waals surface area contributed by atoms with Gasteiger partial charge in [-0.1, -0.05) is 51.0 Å². The third kappa shape index (κ3) is 9.02. The van der Waals surface area contributed by atoms with Gasteiger partial charge < -0.3 is 5.32 Å². The molecule has 0 aliphatic heterocycles. The molecule has 1 N–H and O–H groups in total. The molecule has 1 aromatic carbocycles. The number of amides is 1. The second-order valence-corrected chi connectivity index (χ2v) is 7.64. The van der Waals surface area contributed by atoms with Gasteiger partial charge in [-0.25, -0.2) is 4.39 Å². The number of pyridine rings is 1. The van der Waals surface area contributed by atoms with E-state index < -0.39 is 6.17 Å². The van der Waals surface area contributed by atoms with E-state index in [0.717, 1.165) is 28.0 Å². The van der Waals surface area contributed by atoms with Crippen LogP contribution < -0.4 is 5.32 Å². The topological polar surface area (TPSA) is 80.1 Å². The van der Waals surface area contributed by atoms with E-state index >= 15 is 0 Å². The summed E-state index contributed by atoms with van der Waals surface area (Å²) in [4.78, 5) is 21.0. The third-order valence-corrected chi connectivity index (χ3v) is 4.85. The van der Waals surface area contributed by atoms with Crippen LogP contribution in [-0.4, -0.2) is 33.5 Å². The summed E-state index contributed by atoms with van der Waals surface area (Å²) in [5.41, 5.74) is 3.94. The fraction of sp³-hybridized carbons (Fsp3) is 0.296. The van der Waals surface area contributed by atoms with Crippen molar-refractivity contribution >= 4 is 17.7 Å². The van der Waals surface area contributed by atoms with E-state index in [9.17, 15) is 9.18 Å². The van der Waals surface area contributed by atoms with Crippen molar-refractivity contribution in [1.82, 2.24) is 20.5 Å². The van der Waals surface area contributed by atoms with Crippen molar-refractivity contribution in [3.05, 3.63) is 84.1 Å². The number of nitrogens with one attached hydrogen (secondary N) is 1. The number of unbranched alkanes of at least 4 members (excludes halogenated alkanes) is 1. The van der Waals surface area contributed by atoms with Crippen LogP contribution >= 0.6 is 0 Å². The first-order valence-electron chi connectivity index (χ1n) is 11.4. The second kappa shape index (κ2) is 14.4. The Morgan fingerprint density at radius 2 is 1.91 bits per heavy atom. The lowest BCUT2D eigenvalue weighted by Gasteiger charge is -2.10. The highest BCUT2D eigenvalue weighted by Crippen LogP contribution is 2.15. The van der Waals surface area contributed by atoms with Gasteiger partial charge >= 0.3 is 0 Å². The van der Waals surface area contributed by atoms with Crippen molar-refractivity contribution < 1.29 is 9.18 Å². The third-order valence-electron chi connectivity index (χ3n) is 4.85. The number of rotatable bonds is 8. The SMILES string of the molecule is C/C=C(\C=N/C(C)NC(=O)Cc1ccc(-c2ccnnc2)nc1)c1cccc(F)c1.CCCC. The predicted molar refractivity (Wildman–Crippen MR) is 136 cm³/mol. The molecule has 0 fully saturated rings. The van der Waals surface area contributed by atoms with Crippen molar-refractivity contribution in [3.63, 3.8) is 0 Å². The molecule has 2 aromatic heterocycles. The normalized spacial score (nSPS) is 12.1. The summed E-state index contributed by atoms with van der Waals surface area (Å²) in [6.07, 6.45) is 10.8. The standard InChI is InChI=1S/C23H22FN5O.C4H10/c1-3-18(19-5-4-6-21(24)12-19)14-25-16(2)29-23(30)11-17-7-8-22(26-13-17)20-9-10-27-28-15-20;1-3-4-2/h3-10,12-16H,11H2,1-2H3,(H,29,30);3-4H2,1-2H3/b18-3+,25-14-;. The van der Waals surface area contributed by atoms with Gasteiger partial charge in [-0.15, -0.1) is 0 Å². The zero-order valence-corrected chi connectivity index (χ0v) is 20.2. The molecule has 6 nitrogen and oxygen atoms in total. The highest BCUT2D eigenvalue weighted by Gasteiger charge is 2.08. The van der Waals surface area contributed by atoms with Gasteiger partial charge in [0.05, 0.1) is 24.5 Å². The lowest BCUT2D eigenvalue weighted by molar-refractivity contribution is -0.120. The Bertz CT molecular complexity index is 1080. The first-order valence-corrected chi connectivity index (χ1v) is 11.4. The van der Waals surface area contributed by atoms with Crippen molar-refractivity contribution in [2.24, 2.45) is 4.99 Å². The molecule has 0 saturated carbocycles. The molecule has 3 rings (SSSR count). The molecule has 0 bridgehead atoms. The van der Waals surface area contributed by atoms with E-state index in [2.05, 4.69) is 39.3 Å². The second-order valence-electron chi connectivity index (χ2n) is 7.64. The molecule has 34 heavy (non-hydrogen) atoms. The van der Waals surface area contributed by atoms with Crippen LogP contribution in [0.5, 0.6) is 0 Å². The van der Waals surface area contributed by atoms with Crippen LogP contribution in [0.2, 0.25) is 0 Å². The van der Waals surface area contributed by atoms with Crippen molar-refractivity contribution in [2.75, 3.05) is 0 Å². The first-order chi connectivity index (χ1) is 16.5. The number of allylic oxidation sites excluding steroid dienone is 2. The Morgan fingerprint density at radius 3 is 2.50 bits per heavy atom. The van der Waals surface area contributed by atoms with Gasteiger partial charge in [0.25, 0.3) is 0 Å². The monoisotopic (exact) mass is 461 g/mol. The quantitative estimate of drug-likeness (QED) is 0.439. The van der Waals surface area contributed by atoms with Crippen LogP contribution in [0, 0.1) is 5.82 Å². The Kier molecular flexibility index (Phi) is 11.2. The molecule has 178 valence electrons. The zero-order valence-electron chi connectivity index (χ0n) is 20.2. The minimum absolute atomic E-state index is 0.160. The van der Waals surface area contributed by atoms with Crippen LogP contribution in [-0.2, 0) is 11.2 Å². The molecule has 0 spiro atoms. The molecule has 0 aliphatic rings. The van der Waals surface area contributed by atoms with Gasteiger partial charge in [0.1, 0.15) is 12.0 Å². The van der Waals surface area contributed by atoms with E-state index in [1.807, 2.05) is 37.3 Å². The smallest absolute Gasteiger partial charge is 0.226 e. The summed E-state index contributed by atoms with van der Waals surface area (Å²) >= 11 is 0. The first kappa shape index (κ1) is 26.5. The van der Waals surface area contributed by atoms with Crippen LogP contribution in [0.25, 0.3) is 16.8 Å². The molecule has 7 heteroatoms. The number of hydrogen-bond donors (Lipinski definition) is 1. The fourth-order valence-electron chi connectivity index (χ4n) is 2.82. The lowest BCUT2D eigenvalue weighted by Crippen LogP contribution is -2.32. The van der Waals surface area contributed by atoms with Crippen LogP contribution in [0.4, 0.5) is 4.39 Å². The molecule has 1 unspecified atom stereocenters. The number of aliphatic imine (C=N–C) groups is 1. The van der Waals surface area contributed by atoms with E-state index in [1.54, 1.807) is 37.8 Å². The van der Waals surface area contributed by atoms with E-state index in [4.69, 9.17) is 0 Å². The number of hydrogen-bond acceptors (Lipinski definition) is 5. The maximum absolute atomic E-state index is 13.4. The average Bonchev–Trinajstić information content (AvgIpc) is 2.85. The van der Waals surface area contributed by atoms with Crippen LogP contribution in [0.15, 0.2) is 72.1 Å². The molecular weight excluding hydrogens is 429 g/mol. The summed E-state index contributed by atoms with van der Waals surface area (Å²) < 4.78 is 13.4. The highest BCUT2D eigenvalue weighted by molar-refractivity contribution is 6.09. The Hall–Kier alpha value is -3.74. The van der Waals surface area contributed by atoms with Gasteiger partial charge in [-0.3, -0.25) is 14.8 Å². The Morgan fingerprint density at radius 1 is 1.12 bits per heavy atom. The number of nitrogens with zero attached hydrogens (tertiary/aromatic N) is 4. The highest BCUT2D eigenvalue weighted by atomic mass is 19.1. The summed E-state index contributed by atoms with van der Waals surface area (Å²) in [7, 11) is 0. The van der Waals surface area contributed by atoms with E-state index in [-0.39, 0.29) is 18.1 Å². The maximum Gasteiger partial charge on any atom is 0.226 e. The molecule has 1 atom stereocenters. The van der Waals surface area contributed by atoms with Crippen LogP contribution in [0.3, 0.4) is 0 Å². The molecule has 3 aromatic rings. The molecule has 1 amide bonds. The molecule has 2 heterocycles. The maximum atomic E-state index is 13.4. The van der Waals surface area contributed by atoms with Gasteiger partial charge in [-0.05, 0) is 54.8 Å². The summed E-state index contributed by atoms with van der Waals surface area (Å²) in [5, 5.41) is 10.4. The zero-order chi connectivity index (χ0) is 24.8.